The molecule has 0 spiro atoms. The smallest absolute Gasteiger partial charge is 0.322 e. The SMILES string of the molecule is CN.O=C(O)CCCC(=O)NC(CSSCC(NC(=O)CCCC(=O)O)C(=O)NCC(=O)O)C(=O)NCC(=O)O. The summed E-state index contributed by atoms with van der Waals surface area (Å²) in [5.41, 5.74) is 4.50. The maximum absolute atomic E-state index is 12.3. The number of rotatable bonds is 21. The first kappa shape index (κ1) is 38.6. The fourth-order valence-corrected chi connectivity index (χ4v) is 4.83. The van der Waals surface area contributed by atoms with E-state index in [1.807, 2.05) is 0 Å². The van der Waals surface area contributed by atoms with Gasteiger partial charge in [0.05, 0.1) is 0 Å². The van der Waals surface area contributed by atoms with Gasteiger partial charge in [0.1, 0.15) is 25.2 Å². The number of carbonyl (C=O) groups excluding carboxylic acids is 4. The maximum Gasteiger partial charge on any atom is 0.322 e. The summed E-state index contributed by atoms with van der Waals surface area (Å²) >= 11 is 0. The topological polar surface area (TPSA) is 292 Å². The standard InChI is InChI=1S/C20H30N4O12S2.CH5N/c25-13(3-1-5-15(27)28)23-11(19(35)21-7-17(31)32)9-37-38-10-12(20(36)22-8-18(33)34)24-14(26)4-2-6-16(29)30;1-2/h11-12H,1-10H2,(H,21,35)(H,22,36)(H,23,25)(H,24,26)(H,27,28)(H,29,30)(H,31,32)(H,33,34);2H2,1H3. The highest BCUT2D eigenvalue weighted by atomic mass is 33.1. The van der Waals surface area contributed by atoms with Crippen LogP contribution in [0.5, 0.6) is 0 Å². The minimum absolute atomic E-state index is 0.0197. The lowest BCUT2D eigenvalue weighted by Crippen LogP contribution is -2.49. The Morgan fingerprint density at radius 1 is 0.575 bits per heavy atom. The third kappa shape index (κ3) is 22.4. The van der Waals surface area contributed by atoms with Gasteiger partial charge in [-0.1, -0.05) is 21.6 Å². The molecule has 2 unspecified atom stereocenters. The molecule has 10 N–H and O–H groups in total. The molecule has 2 atom stereocenters. The quantitative estimate of drug-likeness (QED) is 0.0491. The van der Waals surface area contributed by atoms with Gasteiger partial charge < -0.3 is 47.4 Å². The van der Waals surface area contributed by atoms with Gasteiger partial charge >= 0.3 is 23.9 Å². The zero-order valence-corrected chi connectivity index (χ0v) is 23.3. The summed E-state index contributed by atoms with van der Waals surface area (Å²) in [4.78, 5) is 91.5. The van der Waals surface area contributed by atoms with E-state index in [2.05, 4.69) is 27.0 Å². The van der Waals surface area contributed by atoms with Crippen LogP contribution in [0.4, 0.5) is 0 Å². The Kier molecular flexibility index (Phi) is 22.5. The highest BCUT2D eigenvalue weighted by Crippen LogP contribution is 2.23. The van der Waals surface area contributed by atoms with Crippen LogP contribution in [-0.2, 0) is 38.4 Å². The van der Waals surface area contributed by atoms with Crippen LogP contribution in [0.1, 0.15) is 38.5 Å². The number of hydrogen-bond acceptors (Lipinski definition) is 11. The lowest BCUT2D eigenvalue weighted by molar-refractivity contribution is -0.139. The van der Waals surface area contributed by atoms with E-state index in [9.17, 15) is 38.4 Å². The Hall–Kier alpha value is -3.58. The van der Waals surface area contributed by atoms with Crippen LogP contribution < -0.4 is 27.0 Å². The van der Waals surface area contributed by atoms with Crippen molar-refractivity contribution in [2.75, 3.05) is 31.6 Å². The molecule has 0 aromatic rings. The molecule has 4 amide bonds. The van der Waals surface area contributed by atoms with Gasteiger partial charge in [-0.3, -0.25) is 38.4 Å². The molecule has 0 bridgehead atoms. The molecule has 0 aromatic heterocycles. The van der Waals surface area contributed by atoms with Gasteiger partial charge in [0.15, 0.2) is 0 Å². The Morgan fingerprint density at radius 2 is 0.900 bits per heavy atom. The molecule has 0 fully saturated rings. The van der Waals surface area contributed by atoms with E-state index in [0.29, 0.717) is 0 Å². The van der Waals surface area contributed by atoms with Crippen molar-refractivity contribution in [3.05, 3.63) is 0 Å². The Bertz CT molecular complexity index is 820. The molecule has 19 heteroatoms. The summed E-state index contributed by atoms with van der Waals surface area (Å²) in [6.07, 6.45) is -0.862. The molecule has 0 saturated carbocycles. The summed E-state index contributed by atoms with van der Waals surface area (Å²) < 4.78 is 0. The fraction of sp³-hybridized carbons (Fsp3) is 0.619. The van der Waals surface area contributed by atoms with Gasteiger partial charge in [-0.15, -0.1) is 0 Å². The molecule has 0 radical (unpaired) electrons. The van der Waals surface area contributed by atoms with Crippen LogP contribution in [0, 0.1) is 0 Å². The van der Waals surface area contributed by atoms with Gasteiger partial charge in [0.2, 0.25) is 23.6 Å². The van der Waals surface area contributed by atoms with Crippen molar-refractivity contribution in [3.8, 4) is 0 Å². The van der Waals surface area contributed by atoms with E-state index < -0.39 is 72.7 Å². The van der Waals surface area contributed by atoms with Crippen LogP contribution in [0.25, 0.3) is 0 Å². The molecule has 0 rings (SSSR count). The van der Waals surface area contributed by atoms with E-state index in [1.165, 1.54) is 7.05 Å². The summed E-state index contributed by atoms with van der Waals surface area (Å²) in [5, 5.41) is 43.8. The molecular weight excluding hydrogens is 578 g/mol. The number of hydrogen-bond donors (Lipinski definition) is 9. The lowest BCUT2D eigenvalue weighted by Gasteiger charge is -2.19. The highest BCUT2D eigenvalue weighted by molar-refractivity contribution is 8.76. The highest BCUT2D eigenvalue weighted by Gasteiger charge is 2.24. The van der Waals surface area contributed by atoms with Crippen molar-refractivity contribution in [1.29, 1.82) is 0 Å². The molecular formula is C21H35N5O12S2. The monoisotopic (exact) mass is 613 g/mol. The molecule has 0 saturated heterocycles. The normalized spacial score (nSPS) is 11.4. The summed E-state index contributed by atoms with van der Waals surface area (Å²) in [6, 6.07) is -2.40. The Labute approximate surface area is 237 Å². The van der Waals surface area contributed by atoms with E-state index in [1.54, 1.807) is 0 Å². The second kappa shape index (κ2) is 23.3. The predicted molar refractivity (Wildman–Crippen MR) is 143 cm³/mol. The second-order valence-corrected chi connectivity index (χ2v) is 10.1. The van der Waals surface area contributed by atoms with Crippen molar-refractivity contribution < 1.29 is 58.8 Å². The molecule has 0 aromatic carbocycles. The maximum atomic E-state index is 12.3. The Morgan fingerprint density at radius 3 is 1.18 bits per heavy atom. The first-order valence-electron chi connectivity index (χ1n) is 11.6. The number of carboxylic acid groups (broad SMARTS) is 4. The van der Waals surface area contributed by atoms with Crippen LogP contribution in [-0.4, -0.2) is 112 Å². The Balaban J connectivity index is 0. The molecule has 0 aliphatic heterocycles. The summed E-state index contributed by atoms with van der Waals surface area (Å²) in [6.45, 7) is -1.41. The zero-order chi connectivity index (χ0) is 31.1. The largest absolute Gasteiger partial charge is 0.481 e. The minimum atomic E-state index is -1.32. The lowest BCUT2D eigenvalue weighted by atomic mass is 10.2. The first-order valence-corrected chi connectivity index (χ1v) is 14.1. The zero-order valence-electron chi connectivity index (χ0n) is 21.7. The van der Waals surface area contributed by atoms with Crippen LogP contribution in [0.2, 0.25) is 0 Å². The third-order valence-electron chi connectivity index (χ3n) is 4.27. The molecule has 228 valence electrons. The van der Waals surface area contributed by atoms with E-state index in [0.717, 1.165) is 21.6 Å². The van der Waals surface area contributed by atoms with Crippen molar-refractivity contribution in [2.45, 2.75) is 50.6 Å². The number of nitrogens with one attached hydrogen (secondary N) is 4. The number of carbonyl (C=O) groups is 8. The van der Waals surface area contributed by atoms with Gasteiger partial charge in [0, 0.05) is 37.2 Å². The fourth-order valence-electron chi connectivity index (χ4n) is 2.50. The van der Waals surface area contributed by atoms with Crippen molar-refractivity contribution in [1.82, 2.24) is 21.3 Å². The van der Waals surface area contributed by atoms with Gasteiger partial charge in [-0.05, 0) is 19.9 Å². The number of carboxylic acids is 4. The van der Waals surface area contributed by atoms with Gasteiger partial charge in [0.25, 0.3) is 0 Å². The number of amides is 4. The first-order chi connectivity index (χ1) is 18.8. The molecule has 40 heavy (non-hydrogen) atoms. The van der Waals surface area contributed by atoms with Crippen molar-refractivity contribution in [2.24, 2.45) is 5.73 Å². The van der Waals surface area contributed by atoms with Crippen molar-refractivity contribution >= 4 is 69.1 Å². The average Bonchev–Trinajstić information content (AvgIpc) is 2.87. The minimum Gasteiger partial charge on any atom is -0.481 e. The molecule has 0 aliphatic carbocycles. The van der Waals surface area contributed by atoms with E-state index in [-0.39, 0.29) is 50.0 Å². The van der Waals surface area contributed by atoms with Crippen LogP contribution in [0.15, 0.2) is 0 Å². The van der Waals surface area contributed by atoms with E-state index in [4.69, 9.17) is 20.4 Å². The number of nitrogens with two attached hydrogens (primary N) is 1. The van der Waals surface area contributed by atoms with E-state index >= 15 is 0 Å². The number of aliphatic carboxylic acids is 4. The van der Waals surface area contributed by atoms with Gasteiger partial charge in [-0.2, -0.15) is 0 Å². The summed E-state index contributed by atoms with van der Waals surface area (Å²) in [5.74, 6) is -7.92. The predicted octanol–water partition coefficient (Wildman–Crippen LogP) is -2.18. The summed E-state index contributed by atoms with van der Waals surface area (Å²) in [7, 11) is 3.48. The van der Waals surface area contributed by atoms with Gasteiger partial charge in [-0.25, -0.2) is 0 Å². The average molecular weight is 614 g/mol. The third-order valence-corrected chi connectivity index (χ3v) is 6.69. The van der Waals surface area contributed by atoms with Crippen LogP contribution >= 0.6 is 21.6 Å². The molecule has 0 heterocycles. The van der Waals surface area contributed by atoms with Crippen LogP contribution in [0.3, 0.4) is 0 Å². The molecule has 17 nitrogen and oxygen atoms in total. The van der Waals surface area contributed by atoms with Crippen molar-refractivity contribution in [3.63, 3.8) is 0 Å². The second-order valence-electron chi connectivity index (χ2n) is 7.53. The molecule has 0 aliphatic rings.